The van der Waals surface area contributed by atoms with Gasteiger partial charge in [0.25, 0.3) is 0 Å². The molecule has 2 rings (SSSR count). The van der Waals surface area contributed by atoms with E-state index in [0.29, 0.717) is 13.0 Å². The number of hydrogen-bond acceptors (Lipinski definition) is 4. The number of carbonyl (C=O) groups excluding carboxylic acids is 1. The van der Waals surface area contributed by atoms with Gasteiger partial charge in [-0.2, -0.15) is 0 Å². The zero-order valence-electron chi connectivity index (χ0n) is 11.2. The summed E-state index contributed by atoms with van der Waals surface area (Å²) in [5.41, 5.74) is 0.910. The molecule has 0 aromatic heterocycles. The zero-order chi connectivity index (χ0) is 14.4. The number of amides is 1. The van der Waals surface area contributed by atoms with Crippen LogP contribution in [0.3, 0.4) is 0 Å². The SMILES string of the molecule is O=C(OCc1ccccc1)N1CC=CC[C@@H]1[C@H](O)CO. The number of rotatable bonds is 4. The lowest BCUT2D eigenvalue weighted by molar-refractivity contribution is 0.00712. The number of ether oxygens (including phenoxy) is 1. The predicted molar refractivity (Wildman–Crippen MR) is 74.0 cm³/mol. The predicted octanol–water partition coefficient (Wildman–Crippen LogP) is 1.31. The van der Waals surface area contributed by atoms with Crippen molar-refractivity contribution in [3.05, 3.63) is 48.0 Å². The first-order valence-corrected chi connectivity index (χ1v) is 6.63. The summed E-state index contributed by atoms with van der Waals surface area (Å²) in [6.45, 7) is 0.206. The summed E-state index contributed by atoms with van der Waals surface area (Å²) in [6.07, 6.45) is 2.83. The summed E-state index contributed by atoms with van der Waals surface area (Å²) in [5, 5.41) is 18.8. The van der Waals surface area contributed by atoms with Gasteiger partial charge in [-0.25, -0.2) is 4.79 Å². The number of benzene rings is 1. The van der Waals surface area contributed by atoms with Gasteiger partial charge in [0.2, 0.25) is 0 Å². The van der Waals surface area contributed by atoms with Gasteiger partial charge in [0, 0.05) is 6.54 Å². The molecule has 0 spiro atoms. The molecule has 2 N–H and O–H groups in total. The molecule has 1 heterocycles. The molecule has 0 saturated heterocycles. The maximum Gasteiger partial charge on any atom is 0.410 e. The minimum absolute atomic E-state index is 0.196. The summed E-state index contributed by atoms with van der Waals surface area (Å²) in [5.74, 6) is 0. The Morgan fingerprint density at radius 1 is 1.35 bits per heavy atom. The van der Waals surface area contributed by atoms with E-state index in [1.54, 1.807) is 0 Å². The van der Waals surface area contributed by atoms with Crippen molar-refractivity contribution in [3.8, 4) is 0 Å². The summed E-state index contributed by atoms with van der Waals surface area (Å²) in [4.78, 5) is 13.5. The van der Waals surface area contributed by atoms with Crippen LogP contribution >= 0.6 is 0 Å². The molecule has 0 fully saturated rings. The molecule has 0 unspecified atom stereocenters. The lowest BCUT2D eigenvalue weighted by Crippen LogP contribution is -2.49. The summed E-state index contributed by atoms with van der Waals surface area (Å²) in [6, 6.07) is 8.98. The monoisotopic (exact) mass is 277 g/mol. The highest BCUT2D eigenvalue weighted by molar-refractivity contribution is 5.68. The molecular formula is C15H19NO4. The third-order valence-corrected chi connectivity index (χ3v) is 3.32. The molecule has 2 atom stereocenters. The number of aliphatic hydroxyl groups excluding tert-OH is 2. The average molecular weight is 277 g/mol. The Hall–Kier alpha value is -1.85. The normalized spacial score (nSPS) is 19.7. The number of hydrogen-bond donors (Lipinski definition) is 2. The van der Waals surface area contributed by atoms with Gasteiger partial charge in [-0.3, -0.25) is 4.90 Å². The van der Waals surface area contributed by atoms with Crippen LogP contribution in [-0.2, 0) is 11.3 Å². The lowest BCUT2D eigenvalue weighted by Gasteiger charge is -2.34. The Morgan fingerprint density at radius 2 is 2.10 bits per heavy atom. The number of nitrogens with zero attached hydrogens (tertiary/aromatic N) is 1. The topological polar surface area (TPSA) is 70.0 Å². The second-order valence-electron chi connectivity index (χ2n) is 4.72. The fraction of sp³-hybridized carbons (Fsp3) is 0.400. The van der Waals surface area contributed by atoms with E-state index in [-0.39, 0.29) is 13.2 Å². The minimum Gasteiger partial charge on any atom is -0.445 e. The van der Waals surface area contributed by atoms with Gasteiger partial charge < -0.3 is 14.9 Å². The number of carbonyl (C=O) groups is 1. The molecular weight excluding hydrogens is 258 g/mol. The molecule has 1 aliphatic heterocycles. The average Bonchev–Trinajstić information content (AvgIpc) is 2.52. The van der Waals surface area contributed by atoms with Gasteiger partial charge in [-0.15, -0.1) is 0 Å². The molecule has 1 aromatic carbocycles. The highest BCUT2D eigenvalue weighted by Crippen LogP contribution is 2.17. The first-order valence-electron chi connectivity index (χ1n) is 6.63. The van der Waals surface area contributed by atoms with Crippen molar-refractivity contribution >= 4 is 6.09 Å². The Balaban J connectivity index is 1.94. The van der Waals surface area contributed by atoms with E-state index in [9.17, 15) is 9.90 Å². The van der Waals surface area contributed by atoms with Crippen LogP contribution in [0.15, 0.2) is 42.5 Å². The quantitative estimate of drug-likeness (QED) is 0.814. The molecule has 1 aromatic rings. The van der Waals surface area contributed by atoms with Gasteiger partial charge in [-0.05, 0) is 12.0 Å². The lowest BCUT2D eigenvalue weighted by atomic mass is 10.0. The maximum atomic E-state index is 12.1. The Kier molecular flexibility index (Phi) is 5.15. The van der Waals surface area contributed by atoms with Crippen LogP contribution in [0.1, 0.15) is 12.0 Å². The van der Waals surface area contributed by atoms with Crippen LogP contribution in [0.4, 0.5) is 4.79 Å². The van der Waals surface area contributed by atoms with Crippen LogP contribution < -0.4 is 0 Å². The summed E-state index contributed by atoms with van der Waals surface area (Å²) >= 11 is 0. The molecule has 108 valence electrons. The second kappa shape index (κ2) is 7.07. The van der Waals surface area contributed by atoms with Crippen molar-refractivity contribution in [2.24, 2.45) is 0 Å². The van der Waals surface area contributed by atoms with Crippen molar-refractivity contribution in [1.82, 2.24) is 4.90 Å². The van der Waals surface area contributed by atoms with Gasteiger partial charge in [-0.1, -0.05) is 42.5 Å². The molecule has 0 aliphatic carbocycles. The summed E-state index contributed by atoms with van der Waals surface area (Å²) in [7, 11) is 0. The Labute approximate surface area is 118 Å². The molecule has 0 bridgehead atoms. The van der Waals surface area contributed by atoms with Gasteiger partial charge >= 0.3 is 6.09 Å². The van der Waals surface area contributed by atoms with Crippen LogP contribution in [0.2, 0.25) is 0 Å². The van der Waals surface area contributed by atoms with E-state index < -0.39 is 18.2 Å². The largest absolute Gasteiger partial charge is 0.445 e. The first-order chi connectivity index (χ1) is 9.72. The van der Waals surface area contributed by atoms with Gasteiger partial charge in [0.05, 0.1) is 18.8 Å². The second-order valence-corrected chi connectivity index (χ2v) is 4.72. The highest BCUT2D eigenvalue weighted by atomic mass is 16.6. The summed E-state index contributed by atoms with van der Waals surface area (Å²) < 4.78 is 5.25. The fourth-order valence-electron chi connectivity index (χ4n) is 2.19. The van der Waals surface area contributed by atoms with E-state index >= 15 is 0 Å². The zero-order valence-corrected chi connectivity index (χ0v) is 11.2. The number of aliphatic hydroxyl groups is 2. The van der Waals surface area contributed by atoms with Crippen LogP contribution in [0.25, 0.3) is 0 Å². The molecule has 0 saturated carbocycles. The Morgan fingerprint density at radius 3 is 2.80 bits per heavy atom. The Bertz CT molecular complexity index is 460. The van der Waals surface area contributed by atoms with Crippen molar-refractivity contribution in [3.63, 3.8) is 0 Å². The van der Waals surface area contributed by atoms with E-state index in [1.165, 1.54) is 4.90 Å². The molecule has 5 heteroatoms. The van der Waals surface area contributed by atoms with Gasteiger partial charge in [0.15, 0.2) is 0 Å². The molecule has 1 amide bonds. The van der Waals surface area contributed by atoms with Crippen LogP contribution in [0, 0.1) is 0 Å². The van der Waals surface area contributed by atoms with Crippen molar-refractivity contribution in [2.75, 3.05) is 13.2 Å². The maximum absolute atomic E-state index is 12.1. The van der Waals surface area contributed by atoms with Gasteiger partial charge in [0.1, 0.15) is 6.61 Å². The molecule has 1 aliphatic rings. The smallest absolute Gasteiger partial charge is 0.410 e. The van der Waals surface area contributed by atoms with Crippen LogP contribution in [-0.4, -0.2) is 46.5 Å². The molecule has 0 radical (unpaired) electrons. The fourth-order valence-corrected chi connectivity index (χ4v) is 2.19. The van der Waals surface area contributed by atoms with E-state index in [2.05, 4.69) is 0 Å². The van der Waals surface area contributed by atoms with Crippen molar-refractivity contribution < 1.29 is 19.7 Å². The van der Waals surface area contributed by atoms with Crippen molar-refractivity contribution in [1.29, 1.82) is 0 Å². The van der Waals surface area contributed by atoms with E-state index in [0.717, 1.165) is 5.56 Å². The highest BCUT2D eigenvalue weighted by Gasteiger charge is 2.30. The van der Waals surface area contributed by atoms with Crippen molar-refractivity contribution in [2.45, 2.75) is 25.2 Å². The van der Waals surface area contributed by atoms with Crippen LogP contribution in [0.5, 0.6) is 0 Å². The standard InChI is InChI=1S/C15H19NO4/c17-10-14(18)13-8-4-5-9-16(13)15(19)20-11-12-6-2-1-3-7-12/h1-7,13-14,17-18H,8-11H2/t13-,14-/m1/s1. The minimum atomic E-state index is -0.954. The third kappa shape index (κ3) is 3.59. The van der Waals surface area contributed by atoms with E-state index in [1.807, 2.05) is 42.5 Å². The van der Waals surface area contributed by atoms with E-state index in [4.69, 9.17) is 9.84 Å². The molecule has 20 heavy (non-hydrogen) atoms. The molecule has 5 nitrogen and oxygen atoms in total. The first kappa shape index (κ1) is 14.6. The third-order valence-electron chi connectivity index (χ3n) is 3.32.